The second-order valence-electron chi connectivity index (χ2n) is 4.67. The number of esters is 1. The van der Waals surface area contributed by atoms with E-state index in [1.807, 2.05) is 13.8 Å². The van der Waals surface area contributed by atoms with E-state index in [-0.39, 0.29) is 25.7 Å². The first-order valence-corrected chi connectivity index (χ1v) is 7.33. The van der Waals surface area contributed by atoms with Crippen LogP contribution in [0.4, 0.5) is 0 Å². The van der Waals surface area contributed by atoms with Crippen molar-refractivity contribution < 1.29 is 19.1 Å². The Hall–Kier alpha value is -1.93. The maximum Gasteiger partial charge on any atom is 0.323 e. The number of hydrogen-bond donors (Lipinski definition) is 2. The monoisotopic (exact) mass is 312 g/mol. The first kappa shape index (κ1) is 18.1. The number of amides is 1. The van der Waals surface area contributed by atoms with Gasteiger partial charge in [0.15, 0.2) is 0 Å². The van der Waals surface area contributed by atoms with Gasteiger partial charge in [0.2, 0.25) is 5.91 Å². The Morgan fingerprint density at radius 3 is 2.68 bits per heavy atom. The molecule has 1 atom stereocenters. The van der Waals surface area contributed by atoms with E-state index >= 15 is 0 Å². The number of nitrogens with one attached hydrogen (secondary N) is 1. The molecule has 0 spiro atoms. The summed E-state index contributed by atoms with van der Waals surface area (Å²) in [5.74, 6) is -0.583. The minimum absolute atomic E-state index is 0.0145. The van der Waals surface area contributed by atoms with Crippen LogP contribution in [-0.2, 0) is 25.5 Å². The van der Waals surface area contributed by atoms with Gasteiger partial charge in [-0.15, -0.1) is 0 Å². The van der Waals surface area contributed by atoms with Crippen LogP contribution in [0.15, 0.2) is 12.5 Å². The number of rotatable bonds is 10. The number of H-pyrrole nitrogens is 1. The lowest BCUT2D eigenvalue weighted by atomic mass is 10.2. The van der Waals surface area contributed by atoms with Crippen molar-refractivity contribution in [2.45, 2.75) is 26.3 Å². The van der Waals surface area contributed by atoms with Gasteiger partial charge in [0.05, 0.1) is 12.9 Å². The third-order valence-corrected chi connectivity index (χ3v) is 3.11. The molecule has 0 radical (unpaired) electrons. The summed E-state index contributed by atoms with van der Waals surface area (Å²) in [7, 11) is 0. The number of aromatic amines is 1. The largest absolute Gasteiger partial charge is 0.462 e. The molecule has 1 aromatic heterocycles. The molecule has 1 heterocycles. The van der Waals surface area contributed by atoms with Crippen molar-refractivity contribution in [3.8, 4) is 0 Å². The highest BCUT2D eigenvalue weighted by molar-refractivity contribution is 5.77. The van der Waals surface area contributed by atoms with E-state index in [1.165, 1.54) is 6.33 Å². The summed E-state index contributed by atoms with van der Waals surface area (Å²) in [5, 5.41) is 0. The summed E-state index contributed by atoms with van der Waals surface area (Å²) in [6.07, 6.45) is 3.46. The zero-order valence-corrected chi connectivity index (χ0v) is 13.1. The van der Waals surface area contributed by atoms with Gasteiger partial charge in [-0.3, -0.25) is 9.59 Å². The highest BCUT2D eigenvalue weighted by Gasteiger charge is 2.16. The molecule has 22 heavy (non-hydrogen) atoms. The Kier molecular flexibility index (Phi) is 8.16. The molecular weight excluding hydrogens is 288 g/mol. The lowest BCUT2D eigenvalue weighted by Crippen LogP contribution is -2.36. The molecule has 3 N–H and O–H groups in total. The van der Waals surface area contributed by atoms with E-state index < -0.39 is 12.0 Å². The van der Waals surface area contributed by atoms with E-state index in [1.54, 1.807) is 11.1 Å². The summed E-state index contributed by atoms with van der Waals surface area (Å²) in [5.41, 5.74) is 6.49. The number of imidazole rings is 1. The fourth-order valence-electron chi connectivity index (χ4n) is 1.85. The molecule has 1 rings (SSSR count). The Morgan fingerprint density at radius 2 is 2.09 bits per heavy atom. The normalized spacial score (nSPS) is 12.0. The van der Waals surface area contributed by atoms with Gasteiger partial charge in [-0.2, -0.15) is 0 Å². The van der Waals surface area contributed by atoms with Crippen molar-refractivity contribution in [1.82, 2.24) is 14.9 Å². The van der Waals surface area contributed by atoms with E-state index in [0.29, 0.717) is 19.5 Å². The minimum atomic E-state index is -0.752. The van der Waals surface area contributed by atoms with Crippen LogP contribution in [0.25, 0.3) is 0 Å². The maximum atomic E-state index is 11.7. The Morgan fingerprint density at radius 1 is 1.36 bits per heavy atom. The van der Waals surface area contributed by atoms with Crippen molar-refractivity contribution >= 4 is 11.9 Å². The van der Waals surface area contributed by atoms with Crippen molar-refractivity contribution in [2.24, 2.45) is 5.73 Å². The van der Waals surface area contributed by atoms with Crippen LogP contribution in [0.1, 0.15) is 19.5 Å². The number of hydrogen-bond acceptors (Lipinski definition) is 6. The standard InChI is InChI=1S/C14H24N4O4/c1-3-18(4-2)13(19)9-21-5-6-22-14(20)12(15)7-11-8-16-10-17-11/h8,10,12H,3-7,9,15H2,1-2H3,(H,16,17). The van der Waals surface area contributed by atoms with Crippen LogP contribution in [0.3, 0.4) is 0 Å². The first-order valence-electron chi connectivity index (χ1n) is 7.33. The number of carbonyl (C=O) groups excluding carboxylic acids is 2. The van der Waals surface area contributed by atoms with Crippen LogP contribution < -0.4 is 5.73 Å². The van der Waals surface area contributed by atoms with Crippen LogP contribution in [0.5, 0.6) is 0 Å². The molecule has 0 aromatic carbocycles. The molecular formula is C14H24N4O4. The van der Waals surface area contributed by atoms with Crippen molar-refractivity contribution in [3.63, 3.8) is 0 Å². The van der Waals surface area contributed by atoms with Gasteiger partial charge in [-0.05, 0) is 13.8 Å². The lowest BCUT2D eigenvalue weighted by molar-refractivity contribution is -0.147. The summed E-state index contributed by atoms with van der Waals surface area (Å²) in [6.45, 7) is 5.33. The predicted octanol–water partition coefficient (Wildman–Crippen LogP) is -0.292. The molecule has 0 aliphatic heterocycles. The van der Waals surface area contributed by atoms with Gasteiger partial charge >= 0.3 is 5.97 Å². The molecule has 0 saturated heterocycles. The Labute approximate surface area is 130 Å². The van der Waals surface area contributed by atoms with Gasteiger partial charge in [0.25, 0.3) is 0 Å². The van der Waals surface area contributed by atoms with Crippen LogP contribution in [-0.4, -0.2) is 65.7 Å². The van der Waals surface area contributed by atoms with Gasteiger partial charge < -0.3 is 25.1 Å². The van der Waals surface area contributed by atoms with Gasteiger partial charge in [0, 0.05) is 31.4 Å². The zero-order chi connectivity index (χ0) is 16.4. The summed E-state index contributed by atoms with van der Waals surface area (Å²) in [6, 6.07) is -0.752. The molecule has 1 unspecified atom stereocenters. The third-order valence-electron chi connectivity index (χ3n) is 3.11. The number of aromatic nitrogens is 2. The topological polar surface area (TPSA) is 111 Å². The first-order chi connectivity index (χ1) is 10.6. The van der Waals surface area contributed by atoms with Gasteiger partial charge in [-0.25, -0.2) is 4.98 Å². The molecule has 0 fully saturated rings. The minimum Gasteiger partial charge on any atom is -0.462 e. The molecule has 8 nitrogen and oxygen atoms in total. The van der Waals surface area contributed by atoms with Crippen LogP contribution >= 0.6 is 0 Å². The molecule has 8 heteroatoms. The SMILES string of the molecule is CCN(CC)C(=O)COCCOC(=O)C(N)Cc1cnc[nH]1. The second kappa shape index (κ2) is 9.91. The summed E-state index contributed by atoms with van der Waals surface area (Å²) in [4.78, 5) is 31.7. The van der Waals surface area contributed by atoms with Crippen molar-refractivity contribution in [3.05, 3.63) is 18.2 Å². The number of nitrogens with two attached hydrogens (primary N) is 1. The smallest absolute Gasteiger partial charge is 0.323 e. The van der Waals surface area contributed by atoms with Crippen molar-refractivity contribution in [1.29, 1.82) is 0 Å². The van der Waals surface area contributed by atoms with Crippen molar-refractivity contribution in [2.75, 3.05) is 32.9 Å². The number of ether oxygens (including phenoxy) is 2. The predicted molar refractivity (Wildman–Crippen MR) is 80.0 cm³/mol. The Balaban J connectivity index is 2.13. The number of carbonyl (C=O) groups is 2. The summed E-state index contributed by atoms with van der Waals surface area (Å²) < 4.78 is 10.2. The fraction of sp³-hybridized carbons (Fsp3) is 0.643. The van der Waals surface area contributed by atoms with Gasteiger partial charge in [0.1, 0.15) is 19.3 Å². The van der Waals surface area contributed by atoms with E-state index in [9.17, 15) is 9.59 Å². The van der Waals surface area contributed by atoms with E-state index in [2.05, 4.69) is 9.97 Å². The average Bonchev–Trinajstić information content (AvgIpc) is 3.00. The Bertz CT molecular complexity index is 446. The second-order valence-corrected chi connectivity index (χ2v) is 4.67. The molecule has 1 aromatic rings. The zero-order valence-electron chi connectivity index (χ0n) is 13.1. The van der Waals surface area contributed by atoms with Crippen LogP contribution in [0, 0.1) is 0 Å². The van der Waals surface area contributed by atoms with E-state index in [0.717, 1.165) is 5.69 Å². The molecule has 0 aliphatic carbocycles. The highest BCUT2D eigenvalue weighted by Crippen LogP contribution is 1.98. The number of likely N-dealkylation sites (N-methyl/N-ethyl adjacent to an activating group) is 1. The fourth-order valence-corrected chi connectivity index (χ4v) is 1.85. The molecule has 0 bridgehead atoms. The average molecular weight is 312 g/mol. The van der Waals surface area contributed by atoms with Crippen LogP contribution in [0.2, 0.25) is 0 Å². The molecule has 0 saturated carbocycles. The van der Waals surface area contributed by atoms with E-state index in [4.69, 9.17) is 15.2 Å². The third kappa shape index (κ3) is 6.23. The lowest BCUT2D eigenvalue weighted by Gasteiger charge is -2.18. The molecule has 0 aliphatic rings. The van der Waals surface area contributed by atoms with Gasteiger partial charge in [-0.1, -0.05) is 0 Å². The quantitative estimate of drug-likeness (QED) is 0.453. The summed E-state index contributed by atoms with van der Waals surface area (Å²) >= 11 is 0. The molecule has 1 amide bonds. The maximum absolute atomic E-state index is 11.7. The highest BCUT2D eigenvalue weighted by atomic mass is 16.6. The number of nitrogens with zero attached hydrogens (tertiary/aromatic N) is 2. The molecule has 124 valence electrons.